The molecule has 0 aromatic heterocycles. The Morgan fingerprint density at radius 2 is 1.59 bits per heavy atom. The zero-order valence-corrected chi connectivity index (χ0v) is 15.0. The summed E-state index contributed by atoms with van der Waals surface area (Å²) in [6, 6.07) is 0. The smallest absolute Gasteiger partial charge is 0.202 e. The second-order valence-corrected chi connectivity index (χ2v) is 10.7. The van der Waals surface area contributed by atoms with Gasteiger partial charge in [0.1, 0.15) is 0 Å². The van der Waals surface area contributed by atoms with E-state index >= 15 is 0 Å². The summed E-state index contributed by atoms with van der Waals surface area (Å²) in [6.45, 7) is 5.58. The van der Waals surface area contributed by atoms with Crippen molar-refractivity contribution in [2.75, 3.05) is 20.6 Å². The van der Waals surface area contributed by atoms with Gasteiger partial charge in [-0.15, -0.1) is 0 Å². The van der Waals surface area contributed by atoms with Crippen LogP contribution in [0.3, 0.4) is 0 Å². The van der Waals surface area contributed by atoms with E-state index in [1.54, 1.807) is 14.1 Å². The van der Waals surface area contributed by atoms with Gasteiger partial charge in [0.25, 0.3) is 10.2 Å². The molecule has 0 spiro atoms. The maximum absolute atomic E-state index is 12.0. The van der Waals surface area contributed by atoms with E-state index in [1.807, 2.05) is 0 Å². The zero-order valence-electron chi connectivity index (χ0n) is 14.2. The Morgan fingerprint density at radius 1 is 0.955 bits per heavy atom. The minimum atomic E-state index is -3.27. The fourth-order valence-corrected chi connectivity index (χ4v) is 7.62. The Labute approximate surface area is 135 Å². The van der Waals surface area contributed by atoms with Crippen LogP contribution in [-0.4, -0.2) is 33.4 Å². The number of rotatable bonds is 4. The van der Waals surface area contributed by atoms with Gasteiger partial charge in [0.15, 0.2) is 0 Å². The maximum atomic E-state index is 12.0. The van der Waals surface area contributed by atoms with Gasteiger partial charge in [0.05, 0.1) is 0 Å². The molecule has 4 fully saturated rings. The number of hydrogen-bond donors (Lipinski definition) is 1. The molecule has 0 heterocycles. The van der Waals surface area contributed by atoms with E-state index in [0.29, 0.717) is 12.5 Å². The van der Waals surface area contributed by atoms with E-state index in [4.69, 9.17) is 0 Å². The SMILES string of the molecule is CC1C(C)C2CC1C1C3CC(CNS(=O)(=O)N(C)C)C(C3)C21. The number of fused-ring (bicyclic) bond motifs is 9. The Hall–Kier alpha value is -0.130. The first-order valence-electron chi connectivity index (χ1n) is 8.98. The van der Waals surface area contributed by atoms with Crippen LogP contribution in [0.1, 0.15) is 33.1 Å². The van der Waals surface area contributed by atoms with Crippen molar-refractivity contribution in [3.05, 3.63) is 0 Å². The molecule has 0 aromatic carbocycles. The standard InChI is InChI=1S/C17H30N2O2S/c1-9-10(2)14-7-13(9)16-11-5-12(15(6-11)17(14)16)8-18-22(20,21)19(3)4/h9-18H,5-8H2,1-4H3. The minimum absolute atomic E-state index is 0.572. The molecule has 0 aliphatic heterocycles. The van der Waals surface area contributed by atoms with Crippen LogP contribution in [0.25, 0.3) is 0 Å². The Bertz CT molecular complexity index is 561. The van der Waals surface area contributed by atoms with E-state index in [2.05, 4.69) is 18.6 Å². The Kier molecular flexibility index (Phi) is 3.45. The highest BCUT2D eigenvalue weighted by Crippen LogP contribution is 2.71. The van der Waals surface area contributed by atoms with Gasteiger partial charge in [0, 0.05) is 20.6 Å². The van der Waals surface area contributed by atoms with Crippen molar-refractivity contribution in [3.8, 4) is 0 Å². The lowest BCUT2D eigenvalue weighted by Gasteiger charge is -2.43. The van der Waals surface area contributed by atoms with Crippen molar-refractivity contribution in [1.82, 2.24) is 9.03 Å². The molecule has 4 aliphatic carbocycles. The molecule has 4 nitrogen and oxygen atoms in total. The molecule has 4 saturated carbocycles. The van der Waals surface area contributed by atoms with Crippen LogP contribution in [0.5, 0.6) is 0 Å². The summed E-state index contributed by atoms with van der Waals surface area (Å²) in [4.78, 5) is 0. The molecule has 0 aromatic rings. The van der Waals surface area contributed by atoms with Crippen LogP contribution in [0.2, 0.25) is 0 Å². The third-order valence-corrected chi connectivity index (χ3v) is 9.48. The highest BCUT2D eigenvalue weighted by Gasteiger charge is 2.65. The fraction of sp³-hybridized carbons (Fsp3) is 1.00. The average molecular weight is 327 g/mol. The molecular weight excluding hydrogens is 296 g/mol. The molecule has 0 saturated heterocycles. The summed E-state index contributed by atoms with van der Waals surface area (Å²) in [5, 5.41) is 0. The number of nitrogens with one attached hydrogen (secondary N) is 1. The highest BCUT2D eigenvalue weighted by atomic mass is 32.2. The molecule has 5 heteroatoms. The molecule has 4 aliphatic rings. The maximum Gasteiger partial charge on any atom is 0.278 e. The summed E-state index contributed by atoms with van der Waals surface area (Å²) in [5.41, 5.74) is 0. The van der Waals surface area contributed by atoms with Crippen LogP contribution >= 0.6 is 0 Å². The van der Waals surface area contributed by atoms with Crippen molar-refractivity contribution >= 4 is 10.2 Å². The van der Waals surface area contributed by atoms with Gasteiger partial charge < -0.3 is 0 Å². The summed E-state index contributed by atoms with van der Waals surface area (Å²) in [7, 11) is -0.0803. The first-order chi connectivity index (χ1) is 10.3. The molecular formula is C17H30N2O2S. The van der Waals surface area contributed by atoms with Crippen molar-refractivity contribution in [3.63, 3.8) is 0 Å². The van der Waals surface area contributed by atoms with E-state index in [-0.39, 0.29) is 0 Å². The van der Waals surface area contributed by atoms with Gasteiger partial charge in [-0.1, -0.05) is 13.8 Å². The molecule has 0 radical (unpaired) electrons. The summed E-state index contributed by atoms with van der Waals surface area (Å²) >= 11 is 0. The van der Waals surface area contributed by atoms with Crippen molar-refractivity contribution < 1.29 is 8.42 Å². The molecule has 9 atom stereocenters. The van der Waals surface area contributed by atoms with E-state index in [9.17, 15) is 8.42 Å². The quantitative estimate of drug-likeness (QED) is 0.805. The highest BCUT2D eigenvalue weighted by molar-refractivity contribution is 7.87. The van der Waals surface area contributed by atoms with E-state index in [1.165, 1.54) is 23.6 Å². The second kappa shape index (κ2) is 4.93. The molecule has 4 bridgehead atoms. The van der Waals surface area contributed by atoms with E-state index in [0.717, 1.165) is 47.3 Å². The molecule has 22 heavy (non-hydrogen) atoms. The number of hydrogen-bond acceptors (Lipinski definition) is 2. The molecule has 0 amide bonds. The van der Waals surface area contributed by atoms with Crippen molar-refractivity contribution in [2.45, 2.75) is 33.1 Å². The normalized spacial score (nSPS) is 52.7. The monoisotopic (exact) mass is 326 g/mol. The van der Waals surface area contributed by atoms with Crippen LogP contribution in [0, 0.1) is 53.3 Å². The van der Waals surface area contributed by atoms with Crippen LogP contribution in [0.15, 0.2) is 0 Å². The first kappa shape index (κ1) is 15.4. The summed E-state index contributed by atoms with van der Waals surface area (Å²) in [6.07, 6.45) is 4.09. The van der Waals surface area contributed by atoms with E-state index < -0.39 is 10.2 Å². The topological polar surface area (TPSA) is 49.4 Å². The molecule has 126 valence electrons. The fourth-order valence-electron chi connectivity index (χ4n) is 6.94. The van der Waals surface area contributed by atoms with Gasteiger partial charge >= 0.3 is 0 Å². The van der Waals surface area contributed by atoms with Crippen LogP contribution in [-0.2, 0) is 10.2 Å². The van der Waals surface area contributed by atoms with Gasteiger partial charge in [-0.05, 0) is 72.5 Å². The molecule has 1 N–H and O–H groups in total. The van der Waals surface area contributed by atoms with Gasteiger partial charge in [-0.25, -0.2) is 4.72 Å². The van der Waals surface area contributed by atoms with Crippen LogP contribution < -0.4 is 4.72 Å². The lowest BCUT2D eigenvalue weighted by molar-refractivity contribution is 0.0476. The third-order valence-electron chi connectivity index (χ3n) is 7.99. The largest absolute Gasteiger partial charge is 0.278 e. The van der Waals surface area contributed by atoms with Gasteiger partial charge in [-0.3, -0.25) is 0 Å². The lowest BCUT2D eigenvalue weighted by atomic mass is 9.62. The minimum Gasteiger partial charge on any atom is -0.202 e. The van der Waals surface area contributed by atoms with Crippen LogP contribution in [0.4, 0.5) is 0 Å². The third kappa shape index (κ3) is 1.97. The molecule has 9 unspecified atom stereocenters. The Morgan fingerprint density at radius 3 is 2.23 bits per heavy atom. The van der Waals surface area contributed by atoms with Crippen molar-refractivity contribution in [2.24, 2.45) is 53.3 Å². The summed E-state index contributed by atoms with van der Waals surface area (Å²) in [5.74, 6) is 7.81. The zero-order chi connectivity index (χ0) is 15.8. The Balaban J connectivity index is 1.46. The lowest BCUT2D eigenvalue weighted by Crippen LogP contribution is -2.43. The first-order valence-corrected chi connectivity index (χ1v) is 10.4. The van der Waals surface area contributed by atoms with Gasteiger partial charge in [-0.2, -0.15) is 12.7 Å². The predicted molar refractivity (Wildman–Crippen MR) is 87.2 cm³/mol. The predicted octanol–water partition coefficient (Wildman–Crippen LogP) is 2.19. The second-order valence-electron chi connectivity index (χ2n) is 8.73. The average Bonchev–Trinajstić information content (AvgIpc) is 3.16. The van der Waals surface area contributed by atoms with Gasteiger partial charge in [0.2, 0.25) is 0 Å². The number of nitrogens with zero attached hydrogens (tertiary/aromatic N) is 1. The van der Waals surface area contributed by atoms with Crippen molar-refractivity contribution in [1.29, 1.82) is 0 Å². The summed E-state index contributed by atoms with van der Waals surface area (Å²) < 4.78 is 28.0. The molecule has 4 rings (SSSR count).